The Balaban J connectivity index is 2.11. The van der Waals surface area contributed by atoms with E-state index in [0.29, 0.717) is 12.5 Å². The molecule has 2 rings (SSSR count). The largest absolute Gasteiger partial charge is 0.387 e. The van der Waals surface area contributed by atoms with Crippen molar-refractivity contribution in [1.29, 1.82) is 0 Å². The standard InChI is InChI=1S/C15H24N2O/c1-3-15(18)14-10-9-13(11-16-14)17(4-2)12-7-5-6-8-12/h9-12,15,18H,3-8H2,1-2H3/t15-/m1/s1. The van der Waals surface area contributed by atoms with E-state index in [1.807, 2.05) is 19.2 Å². The van der Waals surface area contributed by atoms with E-state index in [4.69, 9.17) is 0 Å². The highest BCUT2D eigenvalue weighted by Crippen LogP contribution is 2.28. The number of aliphatic hydroxyl groups excluding tert-OH is 1. The first kappa shape index (κ1) is 13.3. The maximum Gasteiger partial charge on any atom is 0.0957 e. The molecule has 1 atom stereocenters. The van der Waals surface area contributed by atoms with Crippen molar-refractivity contribution >= 4 is 5.69 Å². The molecular formula is C15H24N2O. The average Bonchev–Trinajstić information content (AvgIpc) is 2.93. The number of rotatable bonds is 5. The van der Waals surface area contributed by atoms with Gasteiger partial charge in [-0.3, -0.25) is 4.98 Å². The molecule has 100 valence electrons. The highest BCUT2D eigenvalue weighted by Gasteiger charge is 2.21. The van der Waals surface area contributed by atoms with E-state index in [0.717, 1.165) is 12.2 Å². The summed E-state index contributed by atoms with van der Waals surface area (Å²) in [7, 11) is 0. The fourth-order valence-electron chi connectivity index (χ4n) is 2.84. The van der Waals surface area contributed by atoms with Crippen molar-refractivity contribution in [2.75, 3.05) is 11.4 Å². The van der Waals surface area contributed by atoms with Gasteiger partial charge in [0.2, 0.25) is 0 Å². The Labute approximate surface area is 110 Å². The van der Waals surface area contributed by atoms with Gasteiger partial charge in [0.25, 0.3) is 0 Å². The molecule has 3 heteroatoms. The number of aromatic nitrogens is 1. The zero-order chi connectivity index (χ0) is 13.0. The second kappa shape index (κ2) is 6.19. The summed E-state index contributed by atoms with van der Waals surface area (Å²) >= 11 is 0. The molecule has 1 aromatic rings. The first-order valence-electron chi connectivity index (χ1n) is 7.17. The molecule has 0 aliphatic heterocycles. The summed E-state index contributed by atoms with van der Waals surface area (Å²) in [4.78, 5) is 6.84. The molecule has 1 aliphatic carbocycles. The van der Waals surface area contributed by atoms with Crippen molar-refractivity contribution in [3.05, 3.63) is 24.0 Å². The number of pyridine rings is 1. The first-order chi connectivity index (χ1) is 8.76. The summed E-state index contributed by atoms with van der Waals surface area (Å²) in [5, 5.41) is 9.75. The van der Waals surface area contributed by atoms with Crippen LogP contribution in [-0.2, 0) is 0 Å². The molecule has 1 aliphatic rings. The summed E-state index contributed by atoms with van der Waals surface area (Å²) in [5.41, 5.74) is 1.97. The van der Waals surface area contributed by atoms with Gasteiger partial charge in [0.05, 0.1) is 23.7 Å². The maximum atomic E-state index is 9.75. The zero-order valence-corrected chi connectivity index (χ0v) is 11.5. The van der Waals surface area contributed by atoms with Gasteiger partial charge in [0.1, 0.15) is 0 Å². The Hall–Kier alpha value is -1.09. The normalized spacial score (nSPS) is 17.9. The van der Waals surface area contributed by atoms with Crippen LogP contribution in [0, 0.1) is 0 Å². The molecule has 3 nitrogen and oxygen atoms in total. The molecule has 0 unspecified atom stereocenters. The molecule has 18 heavy (non-hydrogen) atoms. The molecule has 0 saturated heterocycles. The lowest BCUT2D eigenvalue weighted by molar-refractivity contribution is 0.169. The van der Waals surface area contributed by atoms with Gasteiger partial charge in [-0.15, -0.1) is 0 Å². The van der Waals surface area contributed by atoms with Gasteiger partial charge in [0.15, 0.2) is 0 Å². The van der Waals surface area contributed by atoms with Crippen LogP contribution < -0.4 is 4.90 Å². The van der Waals surface area contributed by atoms with E-state index >= 15 is 0 Å². The van der Waals surface area contributed by atoms with Crippen molar-refractivity contribution in [2.24, 2.45) is 0 Å². The highest BCUT2D eigenvalue weighted by molar-refractivity contribution is 5.46. The fourth-order valence-corrected chi connectivity index (χ4v) is 2.84. The van der Waals surface area contributed by atoms with E-state index in [1.54, 1.807) is 0 Å². The molecular weight excluding hydrogens is 224 g/mol. The van der Waals surface area contributed by atoms with Crippen LogP contribution >= 0.6 is 0 Å². The Kier molecular flexibility index (Phi) is 4.59. The van der Waals surface area contributed by atoms with Crippen LogP contribution in [0.4, 0.5) is 5.69 Å². The SMILES string of the molecule is CC[C@@H](O)c1ccc(N(CC)C2CCCC2)cn1. The van der Waals surface area contributed by atoms with Crippen LogP contribution in [-0.4, -0.2) is 22.7 Å². The summed E-state index contributed by atoms with van der Waals surface area (Å²) in [5.74, 6) is 0. The maximum absolute atomic E-state index is 9.75. The first-order valence-corrected chi connectivity index (χ1v) is 7.17. The van der Waals surface area contributed by atoms with Gasteiger partial charge in [0, 0.05) is 12.6 Å². The van der Waals surface area contributed by atoms with Gasteiger partial charge in [-0.1, -0.05) is 19.8 Å². The Morgan fingerprint density at radius 1 is 1.33 bits per heavy atom. The van der Waals surface area contributed by atoms with Crippen molar-refractivity contribution in [1.82, 2.24) is 4.98 Å². The van der Waals surface area contributed by atoms with E-state index in [1.165, 1.54) is 31.4 Å². The minimum atomic E-state index is -0.430. The molecule has 1 N–H and O–H groups in total. The second-order valence-electron chi connectivity index (χ2n) is 5.09. The van der Waals surface area contributed by atoms with Gasteiger partial charge in [-0.25, -0.2) is 0 Å². The highest BCUT2D eigenvalue weighted by atomic mass is 16.3. The Morgan fingerprint density at radius 2 is 2.06 bits per heavy atom. The third kappa shape index (κ3) is 2.83. The predicted molar refractivity (Wildman–Crippen MR) is 74.8 cm³/mol. The minimum absolute atomic E-state index is 0.430. The number of aliphatic hydroxyl groups is 1. The van der Waals surface area contributed by atoms with Crippen LogP contribution in [0.1, 0.15) is 57.7 Å². The minimum Gasteiger partial charge on any atom is -0.387 e. The van der Waals surface area contributed by atoms with E-state index in [-0.39, 0.29) is 0 Å². The van der Waals surface area contributed by atoms with Gasteiger partial charge in [-0.05, 0) is 38.3 Å². The molecule has 0 bridgehead atoms. The number of hydrogen-bond donors (Lipinski definition) is 1. The van der Waals surface area contributed by atoms with Gasteiger partial charge in [-0.2, -0.15) is 0 Å². The summed E-state index contributed by atoms with van der Waals surface area (Å²) in [6.45, 7) is 5.20. The van der Waals surface area contributed by atoms with Crippen molar-refractivity contribution in [2.45, 2.75) is 58.1 Å². The van der Waals surface area contributed by atoms with Crippen LogP contribution in [0.25, 0.3) is 0 Å². The average molecular weight is 248 g/mol. The summed E-state index contributed by atoms with van der Waals surface area (Å²) in [6.07, 6.45) is 7.49. The Bertz CT molecular complexity index is 357. The molecule has 0 amide bonds. The third-order valence-electron chi connectivity index (χ3n) is 3.94. The molecule has 1 aromatic heterocycles. The molecule has 1 heterocycles. The number of hydrogen-bond acceptors (Lipinski definition) is 3. The lowest BCUT2D eigenvalue weighted by Crippen LogP contribution is -2.33. The third-order valence-corrected chi connectivity index (χ3v) is 3.94. The number of anilines is 1. The lowest BCUT2D eigenvalue weighted by atomic mass is 10.1. The van der Waals surface area contributed by atoms with Crippen molar-refractivity contribution < 1.29 is 5.11 Å². The smallest absolute Gasteiger partial charge is 0.0957 e. The van der Waals surface area contributed by atoms with Crippen molar-refractivity contribution in [3.8, 4) is 0 Å². The summed E-state index contributed by atoms with van der Waals surface area (Å²) in [6, 6.07) is 4.74. The van der Waals surface area contributed by atoms with E-state index in [9.17, 15) is 5.11 Å². The van der Waals surface area contributed by atoms with Crippen LogP contribution in [0.2, 0.25) is 0 Å². The van der Waals surface area contributed by atoms with Gasteiger partial charge >= 0.3 is 0 Å². The molecule has 1 saturated carbocycles. The topological polar surface area (TPSA) is 36.4 Å². The molecule has 0 spiro atoms. The van der Waals surface area contributed by atoms with Crippen LogP contribution in [0.15, 0.2) is 18.3 Å². The Morgan fingerprint density at radius 3 is 2.56 bits per heavy atom. The van der Waals surface area contributed by atoms with Crippen LogP contribution in [0.3, 0.4) is 0 Å². The van der Waals surface area contributed by atoms with E-state index < -0.39 is 6.10 Å². The monoisotopic (exact) mass is 248 g/mol. The molecule has 1 fully saturated rings. The lowest BCUT2D eigenvalue weighted by Gasteiger charge is -2.29. The van der Waals surface area contributed by atoms with E-state index in [2.05, 4.69) is 22.9 Å². The fraction of sp³-hybridized carbons (Fsp3) is 0.667. The molecule has 0 aromatic carbocycles. The molecule has 0 radical (unpaired) electrons. The second-order valence-corrected chi connectivity index (χ2v) is 5.09. The quantitative estimate of drug-likeness (QED) is 0.868. The zero-order valence-electron chi connectivity index (χ0n) is 11.5. The number of nitrogens with zero attached hydrogens (tertiary/aromatic N) is 2. The predicted octanol–water partition coefficient (Wildman–Crippen LogP) is 3.29. The van der Waals surface area contributed by atoms with Crippen LogP contribution in [0.5, 0.6) is 0 Å². The summed E-state index contributed by atoms with van der Waals surface area (Å²) < 4.78 is 0. The van der Waals surface area contributed by atoms with Crippen molar-refractivity contribution in [3.63, 3.8) is 0 Å². The van der Waals surface area contributed by atoms with Gasteiger partial charge < -0.3 is 10.0 Å².